The van der Waals surface area contributed by atoms with E-state index in [2.05, 4.69) is 0 Å². The van der Waals surface area contributed by atoms with Gasteiger partial charge in [-0.1, -0.05) is 55.5 Å². The summed E-state index contributed by atoms with van der Waals surface area (Å²) < 4.78 is 5.22. The maximum absolute atomic E-state index is 11.0. The number of Topliss-reactive ketones (excluding diaryl/α,β-unsaturated/α-hetero) is 1. The Labute approximate surface area is 126 Å². The van der Waals surface area contributed by atoms with Crippen LogP contribution in [0.3, 0.4) is 0 Å². The second-order valence-corrected chi connectivity index (χ2v) is 4.62. The largest absolute Gasteiger partial charge is 0.491 e. The molecule has 0 aliphatic rings. The van der Waals surface area contributed by atoms with Crippen molar-refractivity contribution >= 4 is 5.78 Å². The van der Waals surface area contributed by atoms with E-state index in [4.69, 9.17) is 9.84 Å². The molecule has 0 bridgehead atoms. The van der Waals surface area contributed by atoms with E-state index < -0.39 is 6.10 Å². The molecule has 21 heavy (non-hydrogen) atoms. The summed E-state index contributed by atoms with van der Waals surface area (Å²) in [6, 6.07) is 18.8. The van der Waals surface area contributed by atoms with Crippen LogP contribution >= 0.6 is 0 Å². The van der Waals surface area contributed by atoms with Gasteiger partial charge >= 0.3 is 0 Å². The van der Waals surface area contributed by atoms with Gasteiger partial charge in [-0.05, 0) is 19.1 Å². The Balaban J connectivity index is 0.000000211. The Bertz CT molecular complexity index is 507. The van der Waals surface area contributed by atoms with Crippen LogP contribution in [0.15, 0.2) is 60.7 Å². The minimum Gasteiger partial charge on any atom is -0.491 e. The molecule has 112 valence electrons. The van der Waals surface area contributed by atoms with Gasteiger partial charge in [-0.25, -0.2) is 0 Å². The molecule has 0 saturated heterocycles. The van der Waals surface area contributed by atoms with Crippen LogP contribution in [-0.4, -0.2) is 23.6 Å². The Morgan fingerprint density at radius 2 is 1.57 bits per heavy atom. The van der Waals surface area contributed by atoms with Crippen LogP contribution in [0.5, 0.6) is 5.75 Å². The molecule has 0 amide bonds. The number of rotatable bonds is 5. The van der Waals surface area contributed by atoms with Crippen molar-refractivity contribution in [3.8, 4) is 5.75 Å². The summed E-state index contributed by atoms with van der Waals surface area (Å²) in [5.74, 6) is 1.01. The van der Waals surface area contributed by atoms with E-state index in [0.29, 0.717) is 13.0 Å². The van der Waals surface area contributed by atoms with Crippen molar-refractivity contribution in [1.29, 1.82) is 0 Å². The van der Waals surface area contributed by atoms with Gasteiger partial charge in [0.1, 0.15) is 12.4 Å². The molecule has 0 radical (unpaired) electrons. The van der Waals surface area contributed by atoms with E-state index in [0.717, 1.165) is 11.3 Å². The van der Waals surface area contributed by atoms with Crippen LogP contribution in [0.2, 0.25) is 0 Å². The summed E-state index contributed by atoms with van der Waals surface area (Å²) in [6.45, 7) is 3.92. The van der Waals surface area contributed by atoms with Gasteiger partial charge in [0.05, 0.1) is 6.10 Å². The lowest BCUT2D eigenvalue weighted by Gasteiger charge is -2.06. The van der Waals surface area contributed by atoms with Gasteiger partial charge in [0, 0.05) is 12.0 Å². The lowest BCUT2D eigenvalue weighted by atomic mass is 10.1. The van der Waals surface area contributed by atoms with Gasteiger partial charge in [-0.2, -0.15) is 0 Å². The number of ketones is 1. The predicted octanol–water partition coefficient (Wildman–Crippen LogP) is 3.73. The smallest absolute Gasteiger partial charge is 0.162 e. The van der Waals surface area contributed by atoms with Gasteiger partial charge in [0.2, 0.25) is 0 Å². The van der Waals surface area contributed by atoms with Crippen molar-refractivity contribution in [3.63, 3.8) is 0 Å². The van der Waals surface area contributed by atoms with E-state index in [-0.39, 0.29) is 5.78 Å². The fraction of sp³-hybridized carbons (Fsp3) is 0.278. The van der Waals surface area contributed by atoms with Crippen LogP contribution in [0, 0.1) is 0 Å². The molecular weight excluding hydrogens is 264 g/mol. The molecular formula is C18H22O3. The number of hydrogen-bond acceptors (Lipinski definition) is 3. The Morgan fingerprint density at radius 1 is 1.05 bits per heavy atom. The highest BCUT2D eigenvalue weighted by molar-refractivity contribution is 5.95. The third-order valence-electron chi connectivity index (χ3n) is 2.65. The SMILES string of the molecule is CC(O)COc1ccccc1.CCC(=O)c1ccccc1. The average molecular weight is 286 g/mol. The number of aliphatic hydroxyl groups is 1. The van der Waals surface area contributed by atoms with Crippen LogP contribution in [0.1, 0.15) is 30.6 Å². The van der Waals surface area contributed by atoms with E-state index in [9.17, 15) is 4.79 Å². The second kappa shape index (κ2) is 9.72. The molecule has 0 saturated carbocycles. The van der Waals surface area contributed by atoms with Gasteiger partial charge in [0.25, 0.3) is 0 Å². The Hall–Kier alpha value is -2.13. The molecule has 3 nitrogen and oxygen atoms in total. The summed E-state index contributed by atoms with van der Waals surface area (Å²) in [4.78, 5) is 11.0. The number of carbonyl (C=O) groups excluding carboxylic acids is 1. The lowest BCUT2D eigenvalue weighted by Crippen LogP contribution is -2.12. The van der Waals surface area contributed by atoms with Crippen molar-refractivity contribution in [2.24, 2.45) is 0 Å². The predicted molar refractivity (Wildman–Crippen MR) is 84.7 cm³/mol. The first-order valence-electron chi connectivity index (χ1n) is 7.07. The normalized spacial score (nSPS) is 11.0. The molecule has 1 N–H and O–H groups in total. The molecule has 1 atom stereocenters. The van der Waals surface area contributed by atoms with Gasteiger partial charge in [-0.15, -0.1) is 0 Å². The minimum atomic E-state index is -0.407. The first-order chi connectivity index (χ1) is 10.1. The maximum Gasteiger partial charge on any atom is 0.162 e. The molecule has 0 fully saturated rings. The van der Waals surface area contributed by atoms with Crippen LogP contribution < -0.4 is 4.74 Å². The summed E-state index contributed by atoms with van der Waals surface area (Å²) in [6.07, 6.45) is 0.180. The summed E-state index contributed by atoms with van der Waals surface area (Å²) in [5.41, 5.74) is 0.810. The molecule has 0 aromatic heterocycles. The molecule has 3 heteroatoms. The van der Waals surface area contributed by atoms with Gasteiger partial charge in [0.15, 0.2) is 5.78 Å². The van der Waals surface area contributed by atoms with Gasteiger partial charge < -0.3 is 9.84 Å². The molecule has 2 aromatic rings. The van der Waals surface area contributed by atoms with Crippen molar-refractivity contribution < 1.29 is 14.6 Å². The van der Waals surface area contributed by atoms with E-state index in [1.807, 2.05) is 67.6 Å². The number of hydrogen-bond donors (Lipinski definition) is 1. The average Bonchev–Trinajstić information content (AvgIpc) is 2.54. The highest BCUT2D eigenvalue weighted by atomic mass is 16.5. The fourth-order valence-corrected chi connectivity index (χ4v) is 1.56. The third-order valence-corrected chi connectivity index (χ3v) is 2.65. The number of aliphatic hydroxyl groups excluding tert-OH is 1. The van der Waals surface area contributed by atoms with Crippen LogP contribution in [0.4, 0.5) is 0 Å². The minimum absolute atomic E-state index is 0.209. The van der Waals surface area contributed by atoms with Gasteiger partial charge in [-0.3, -0.25) is 4.79 Å². The highest BCUT2D eigenvalue weighted by Gasteiger charge is 1.98. The van der Waals surface area contributed by atoms with Crippen molar-refractivity contribution in [2.75, 3.05) is 6.61 Å². The number of ether oxygens (including phenoxy) is 1. The molecule has 1 unspecified atom stereocenters. The molecule has 2 rings (SSSR count). The van der Waals surface area contributed by atoms with E-state index in [1.165, 1.54) is 0 Å². The highest BCUT2D eigenvalue weighted by Crippen LogP contribution is 2.08. The zero-order valence-electron chi connectivity index (χ0n) is 12.5. The zero-order valence-corrected chi connectivity index (χ0v) is 12.5. The molecule has 2 aromatic carbocycles. The molecule has 0 heterocycles. The topological polar surface area (TPSA) is 46.5 Å². The van der Waals surface area contributed by atoms with E-state index in [1.54, 1.807) is 6.92 Å². The fourth-order valence-electron chi connectivity index (χ4n) is 1.56. The van der Waals surface area contributed by atoms with Crippen molar-refractivity contribution in [1.82, 2.24) is 0 Å². The Kier molecular flexibility index (Phi) is 7.84. The number of carbonyl (C=O) groups is 1. The van der Waals surface area contributed by atoms with Crippen molar-refractivity contribution in [2.45, 2.75) is 26.4 Å². The standard InChI is InChI=1S/C9H12O2.C9H10O/c1-8(10)7-11-9-5-3-2-4-6-9;1-2-9(10)8-6-4-3-5-7-8/h2-6,8,10H,7H2,1H3;3-7H,2H2,1H3. The summed E-state index contributed by atoms with van der Waals surface area (Å²) in [7, 11) is 0. The zero-order chi connectivity index (χ0) is 15.5. The lowest BCUT2D eigenvalue weighted by molar-refractivity contribution is 0.0988. The molecule has 0 aliphatic carbocycles. The number of para-hydroxylation sites is 1. The summed E-state index contributed by atoms with van der Waals surface area (Å²) >= 11 is 0. The second-order valence-electron chi connectivity index (χ2n) is 4.62. The van der Waals surface area contributed by atoms with Crippen molar-refractivity contribution in [3.05, 3.63) is 66.2 Å². The third kappa shape index (κ3) is 7.28. The van der Waals surface area contributed by atoms with E-state index >= 15 is 0 Å². The van der Waals surface area contributed by atoms with Crippen LogP contribution in [0.25, 0.3) is 0 Å². The Morgan fingerprint density at radius 3 is 2.05 bits per heavy atom. The summed E-state index contributed by atoms with van der Waals surface area (Å²) in [5, 5.41) is 8.89. The molecule has 0 aliphatic heterocycles. The van der Waals surface area contributed by atoms with Crippen LogP contribution in [-0.2, 0) is 0 Å². The molecule has 0 spiro atoms. The monoisotopic (exact) mass is 286 g/mol. The first-order valence-corrected chi connectivity index (χ1v) is 7.07. The maximum atomic E-state index is 11.0. The quantitative estimate of drug-likeness (QED) is 0.852. The first kappa shape index (κ1) is 16.9. The number of benzene rings is 2.